The fraction of sp³-hybridized carbons (Fsp3) is 0.308. The van der Waals surface area contributed by atoms with Crippen molar-refractivity contribution in [1.29, 1.82) is 0 Å². The summed E-state index contributed by atoms with van der Waals surface area (Å²) in [5.74, 6) is 0.673. The van der Waals surface area contributed by atoms with Crippen molar-refractivity contribution in [3.8, 4) is 17.1 Å². The molecular formula is C13H15N3O2. The maximum Gasteiger partial charge on any atom is 0.212 e. The van der Waals surface area contributed by atoms with E-state index in [1.54, 1.807) is 4.68 Å². The summed E-state index contributed by atoms with van der Waals surface area (Å²) in [7, 11) is 0. The van der Waals surface area contributed by atoms with Gasteiger partial charge < -0.3 is 15.6 Å². The van der Waals surface area contributed by atoms with Crippen LogP contribution >= 0.6 is 0 Å². The molecule has 1 aliphatic rings. The normalized spacial score (nSPS) is 22.3. The monoisotopic (exact) mass is 245 g/mol. The fourth-order valence-electron chi connectivity index (χ4n) is 2.04. The number of rotatable bonds is 2. The van der Waals surface area contributed by atoms with Crippen LogP contribution in [0.1, 0.15) is 0 Å². The van der Waals surface area contributed by atoms with E-state index in [0.29, 0.717) is 12.4 Å². The van der Waals surface area contributed by atoms with Gasteiger partial charge in [-0.3, -0.25) is 0 Å². The summed E-state index contributed by atoms with van der Waals surface area (Å²) in [6, 6.07) is 11.7. The fourth-order valence-corrected chi connectivity index (χ4v) is 2.04. The molecule has 18 heavy (non-hydrogen) atoms. The summed E-state index contributed by atoms with van der Waals surface area (Å²) < 4.78 is 7.17. The van der Waals surface area contributed by atoms with Crippen LogP contribution in [0.15, 0.2) is 36.4 Å². The van der Waals surface area contributed by atoms with Gasteiger partial charge in [0.15, 0.2) is 0 Å². The summed E-state index contributed by atoms with van der Waals surface area (Å²) in [6.45, 7) is 0.738. The van der Waals surface area contributed by atoms with Crippen LogP contribution in [0, 0.1) is 0 Å². The highest BCUT2D eigenvalue weighted by Crippen LogP contribution is 2.28. The van der Waals surface area contributed by atoms with Crippen molar-refractivity contribution in [2.75, 3.05) is 13.2 Å². The number of fused-ring (bicyclic) bond motifs is 1. The third kappa shape index (κ3) is 1.87. The summed E-state index contributed by atoms with van der Waals surface area (Å²) >= 11 is 0. The molecular weight excluding hydrogens is 230 g/mol. The Bertz CT molecular complexity index is 553. The summed E-state index contributed by atoms with van der Waals surface area (Å²) in [6.07, 6.45) is 0. The second-order valence-electron chi connectivity index (χ2n) is 4.61. The van der Waals surface area contributed by atoms with Gasteiger partial charge in [-0.15, -0.1) is 0 Å². The zero-order valence-electron chi connectivity index (χ0n) is 9.91. The van der Waals surface area contributed by atoms with E-state index in [4.69, 9.17) is 10.5 Å². The van der Waals surface area contributed by atoms with Crippen LogP contribution in [0.2, 0.25) is 0 Å². The third-order valence-electron chi connectivity index (χ3n) is 3.13. The van der Waals surface area contributed by atoms with Gasteiger partial charge >= 0.3 is 0 Å². The molecule has 0 bridgehead atoms. The molecule has 5 heteroatoms. The average molecular weight is 245 g/mol. The second-order valence-corrected chi connectivity index (χ2v) is 4.61. The van der Waals surface area contributed by atoms with Crippen LogP contribution in [0.3, 0.4) is 0 Å². The average Bonchev–Trinajstić information content (AvgIpc) is 2.82. The van der Waals surface area contributed by atoms with E-state index in [1.807, 2.05) is 36.4 Å². The number of hydrogen-bond donors (Lipinski definition) is 2. The highest BCUT2D eigenvalue weighted by atomic mass is 16.5. The zero-order valence-corrected chi connectivity index (χ0v) is 9.91. The zero-order chi connectivity index (χ0) is 12.6. The number of benzene rings is 1. The van der Waals surface area contributed by atoms with Gasteiger partial charge in [0, 0.05) is 18.2 Å². The van der Waals surface area contributed by atoms with E-state index in [1.165, 1.54) is 0 Å². The molecule has 1 aromatic carbocycles. The molecule has 0 aliphatic carbocycles. The van der Waals surface area contributed by atoms with Crippen molar-refractivity contribution in [2.24, 2.45) is 5.73 Å². The predicted molar refractivity (Wildman–Crippen MR) is 67.2 cm³/mol. The molecule has 0 saturated carbocycles. The molecule has 2 heterocycles. The van der Waals surface area contributed by atoms with E-state index in [2.05, 4.69) is 5.10 Å². The number of hydrogen-bond acceptors (Lipinski definition) is 4. The lowest BCUT2D eigenvalue weighted by Gasteiger charge is -2.31. The molecule has 0 amide bonds. The van der Waals surface area contributed by atoms with Crippen molar-refractivity contribution in [2.45, 2.75) is 12.1 Å². The lowest BCUT2D eigenvalue weighted by Crippen LogP contribution is -2.50. The highest BCUT2D eigenvalue weighted by Gasteiger charge is 2.33. The molecule has 0 saturated heterocycles. The molecule has 0 fully saturated rings. The Kier molecular flexibility index (Phi) is 2.57. The van der Waals surface area contributed by atoms with Crippen molar-refractivity contribution in [1.82, 2.24) is 9.78 Å². The first-order valence-electron chi connectivity index (χ1n) is 5.89. The van der Waals surface area contributed by atoms with Gasteiger partial charge in [0.1, 0.15) is 12.2 Å². The minimum absolute atomic E-state index is 0.160. The first kappa shape index (κ1) is 11.3. The smallest absolute Gasteiger partial charge is 0.212 e. The van der Waals surface area contributed by atoms with Crippen molar-refractivity contribution >= 4 is 0 Å². The molecule has 94 valence electrons. The maximum absolute atomic E-state index is 10.1. The van der Waals surface area contributed by atoms with Gasteiger partial charge in [0.25, 0.3) is 0 Å². The van der Waals surface area contributed by atoms with E-state index in [0.717, 1.165) is 11.3 Å². The van der Waals surface area contributed by atoms with E-state index >= 15 is 0 Å². The van der Waals surface area contributed by atoms with Crippen LogP contribution in [0.5, 0.6) is 5.88 Å². The Morgan fingerprint density at radius 2 is 2.17 bits per heavy atom. The summed E-state index contributed by atoms with van der Waals surface area (Å²) in [5, 5.41) is 14.5. The van der Waals surface area contributed by atoms with Gasteiger partial charge in [0.05, 0.1) is 12.2 Å². The Labute approximate surface area is 105 Å². The molecule has 1 aliphatic heterocycles. The lowest BCUT2D eigenvalue weighted by atomic mass is 10.1. The van der Waals surface area contributed by atoms with Gasteiger partial charge in [0.2, 0.25) is 5.88 Å². The van der Waals surface area contributed by atoms with Gasteiger partial charge in [-0.2, -0.15) is 5.10 Å². The maximum atomic E-state index is 10.1. The Morgan fingerprint density at radius 3 is 2.89 bits per heavy atom. The number of ether oxygens (including phenoxy) is 1. The predicted octanol–water partition coefficient (Wildman–Crippen LogP) is 0.632. The lowest BCUT2D eigenvalue weighted by molar-refractivity contribution is -0.0387. The molecule has 0 spiro atoms. The van der Waals surface area contributed by atoms with Crippen LogP contribution in [0.4, 0.5) is 0 Å². The van der Waals surface area contributed by atoms with Gasteiger partial charge in [-0.05, 0) is 0 Å². The van der Waals surface area contributed by atoms with E-state index in [9.17, 15) is 5.11 Å². The van der Waals surface area contributed by atoms with Crippen LogP contribution in [-0.2, 0) is 6.54 Å². The first-order valence-corrected chi connectivity index (χ1v) is 5.89. The van der Waals surface area contributed by atoms with Crippen LogP contribution < -0.4 is 10.5 Å². The molecule has 1 atom stereocenters. The molecule has 2 aromatic rings. The molecule has 5 nitrogen and oxygen atoms in total. The topological polar surface area (TPSA) is 73.3 Å². The Hall–Kier alpha value is -1.85. The molecule has 3 N–H and O–H groups in total. The van der Waals surface area contributed by atoms with Gasteiger partial charge in [-0.25, -0.2) is 4.68 Å². The third-order valence-corrected chi connectivity index (χ3v) is 3.13. The quantitative estimate of drug-likeness (QED) is 0.814. The van der Waals surface area contributed by atoms with E-state index in [-0.39, 0.29) is 13.2 Å². The minimum atomic E-state index is -1.02. The molecule has 3 rings (SSSR count). The van der Waals surface area contributed by atoms with Crippen LogP contribution in [0.25, 0.3) is 11.3 Å². The van der Waals surface area contributed by atoms with Gasteiger partial charge in [-0.1, -0.05) is 30.3 Å². The first-order chi connectivity index (χ1) is 8.70. The number of nitrogens with two attached hydrogens (primary N) is 1. The van der Waals surface area contributed by atoms with E-state index < -0.39 is 5.60 Å². The largest absolute Gasteiger partial charge is 0.475 e. The van der Waals surface area contributed by atoms with Crippen molar-refractivity contribution < 1.29 is 9.84 Å². The minimum Gasteiger partial charge on any atom is -0.475 e. The summed E-state index contributed by atoms with van der Waals surface area (Å²) in [5.41, 5.74) is 6.39. The Balaban J connectivity index is 1.95. The number of aromatic nitrogens is 2. The Morgan fingerprint density at radius 1 is 1.39 bits per heavy atom. The SMILES string of the molecule is NCC1(O)COc2cc(-c3ccccc3)nn2C1. The van der Waals surface area contributed by atoms with Crippen molar-refractivity contribution in [3.05, 3.63) is 36.4 Å². The second kappa shape index (κ2) is 4.12. The molecule has 1 aromatic heterocycles. The molecule has 1 unspecified atom stereocenters. The number of nitrogens with zero attached hydrogens (tertiary/aromatic N) is 2. The molecule has 0 radical (unpaired) electrons. The standard InChI is InChI=1S/C13H15N3O2/c14-7-13(17)8-16-12(18-9-13)6-11(15-16)10-4-2-1-3-5-10/h1-6,17H,7-9,14H2. The van der Waals surface area contributed by atoms with Crippen LogP contribution in [-0.4, -0.2) is 33.6 Å². The number of aliphatic hydroxyl groups is 1. The highest BCUT2D eigenvalue weighted by molar-refractivity contribution is 5.60. The van der Waals surface area contributed by atoms with Crippen molar-refractivity contribution in [3.63, 3.8) is 0 Å². The summed E-state index contributed by atoms with van der Waals surface area (Å²) in [4.78, 5) is 0.